The summed E-state index contributed by atoms with van der Waals surface area (Å²) in [5, 5.41) is 10.7. The number of halogens is 4. The second-order valence-electron chi connectivity index (χ2n) is 7.55. The third-order valence-electron chi connectivity index (χ3n) is 5.09. The van der Waals surface area contributed by atoms with Crippen molar-refractivity contribution in [2.24, 2.45) is 0 Å². The highest BCUT2D eigenvalue weighted by molar-refractivity contribution is 9.10. The van der Waals surface area contributed by atoms with E-state index in [2.05, 4.69) is 34.5 Å². The minimum absolute atomic E-state index is 0.240. The second-order valence-corrected chi connectivity index (χ2v) is 8.47. The highest BCUT2D eigenvalue weighted by atomic mass is 79.9. The normalized spacial score (nSPS) is 13.8. The predicted octanol–water partition coefficient (Wildman–Crippen LogP) is 6.30. The molecule has 0 unspecified atom stereocenters. The molecule has 0 radical (unpaired) electrons. The van der Waals surface area contributed by atoms with Crippen molar-refractivity contribution in [3.05, 3.63) is 76.8 Å². The van der Waals surface area contributed by atoms with E-state index in [0.717, 1.165) is 38.8 Å². The summed E-state index contributed by atoms with van der Waals surface area (Å²) in [5.41, 5.74) is -3.58. The van der Waals surface area contributed by atoms with Crippen molar-refractivity contribution in [2.75, 3.05) is 26.7 Å². The fourth-order valence-electron chi connectivity index (χ4n) is 3.32. The number of unbranched alkanes of at least 4 members (excludes halogenated alkanes) is 3. The maximum atomic E-state index is 13.8. The van der Waals surface area contributed by atoms with Gasteiger partial charge < -0.3 is 14.7 Å². The van der Waals surface area contributed by atoms with Gasteiger partial charge in [0.15, 0.2) is 0 Å². The summed E-state index contributed by atoms with van der Waals surface area (Å²) in [4.78, 5) is 2.21. The summed E-state index contributed by atoms with van der Waals surface area (Å²) >= 11 is 3.20. The van der Waals surface area contributed by atoms with Gasteiger partial charge in [-0.3, -0.25) is 0 Å². The number of hydrogen-bond acceptors (Lipinski definition) is 3. The molecule has 0 spiro atoms. The minimum atomic E-state index is -4.87. The zero-order chi connectivity index (χ0) is 22.9. The van der Waals surface area contributed by atoms with Crippen molar-refractivity contribution < 1.29 is 23.0 Å². The van der Waals surface area contributed by atoms with Crippen molar-refractivity contribution >= 4 is 15.9 Å². The van der Waals surface area contributed by atoms with Crippen LogP contribution in [0.4, 0.5) is 13.2 Å². The SMILES string of the molecule is C=CCN(C)CCCCCCOc1ccc([C@](O)(c2ccc(Br)cc2)C(F)(F)F)cc1. The molecule has 0 saturated carbocycles. The quantitative estimate of drug-likeness (QED) is 0.274. The summed E-state index contributed by atoms with van der Waals surface area (Å²) in [6, 6.07) is 10.9. The standard InChI is InChI=1S/C24H29BrF3NO2/c1-3-16-29(2)17-6-4-5-7-18-31-22-14-10-20(11-15-22)23(30,24(26,27)28)19-8-12-21(25)13-9-19/h3,8-15,30H,1,4-7,16-18H2,2H3/t23-/m1/s1. The first-order chi connectivity index (χ1) is 14.7. The van der Waals surface area contributed by atoms with Crippen LogP contribution in [-0.2, 0) is 5.60 Å². The van der Waals surface area contributed by atoms with Gasteiger partial charge in [0.1, 0.15) is 5.75 Å². The molecule has 0 fully saturated rings. The van der Waals surface area contributed by atoms with Crippen molar-refractivity contribution in [1.82, 2.24) is 4.90 Å². The second kappa shape index (κ2) is 11.7. The maximum Gasteiger partial charge on any atom is 0.425 e. The summed E-state index contributed by atoms with van der Waals surface area (Å²) in [6.07, 6.45) is 1.10. The van der Waals surface area contributed by atoms with E-state index in [4.69, 9.17) is 4.74 Å². The van der Waals surface area contributed by atoms with E-state index >= 15 is 0 Å². The Hall–Kier alpha value is -1.83. The first-order valence-corrected chi connectivity index (χ1v) is 11.1. The monoisotopic (exact) mass is 499 g/mol. The van der Waals surface area contributed by atoms with Crippen molar-refractivity contribution in [3.8, 4) is 5.75 Å². The van der Waals surface area contributed by atoms with Crippen LogP contribution < -0.4 is 4.74 Å². The molecule has 0 amide bonds. The maximum absolute atomic E-state index is 13.8. The van der Waals surface area contributed by atoms with Crippen LogP contribution in [-0.4, -0.2) is 42.9 Å². The van der Waals surface area contributed by atoms with Gasteiger partial charge in [0.2, 0.25) is 5.60 Å². The lowest BCUT2D eigenvalue weighted by molar-refractivity contribution is -0.248. The molecular formula is C24H29BrF3NO2. The van der Waals surface area contributed by atoms with E-state index in [0.29, 0.717) is 16.8 Å². The average molecular weight is 500 g/mol. The van der Waals surface area contributed by atoms with Crippen molar-refractivity contribution in [2.45, 2.75) is 37.5 Å². The fourth-order valence-corrected chi connectivity index (χ4v) is 3.58. The Morgan fingerprint density at radius 3 is 2.06 bits per heavy atom. The Morgan fingerprint density at radius 2 is 1.52 bits per heavy atom. The lowest BCUT2D eigenvalue weighted by atomic mass is 9.85. The topological polar surface area (TPSA) is 32.7 Å². The van der Waals surface area contributed by atoms with E-state index in [1.165, 1.54) is 48.5 Å². The molecular weight excluding hydrogens is 471 g/mol. The average Bonchev–Trinajstić information content (AvgIpc) is 2.73. The third-order valence-corrected chi connectivity index (χ3v) is 5.62. The van der Waals surface area contributed by atoms with Gasteiger partial charge in [0.25, 0.3) is 0 Å². The number of ether oxygens (including phenoxy) is 1. The zero-order valence-corrected chi connectivity index (χ0v) is 19.3. The molecule has 1 atom stereocenters. The molecule has 3 nitrogen and oxygen atoms in total. The number of hydrogen-bond donors (Lipinski definition) is 1. The van der Waals surface area contributed by atoms with Crippen molar-refractivity contribution in [1.29, 1.82) is 0 Å². The third kappa shape index (κ3) is 7.09. The van der Waals surface area contributed by atoms with Crippen LogP contribution in [0.2, 0.25) is 0 Å². The number of alkyl halides is 3. The number of aliphatic hydroxyl groups is 1. The molecule has 2 aromatic carbocycles. The van der Waals surface area contributed by atoms with Crippen LogP contribution >= 0.6 is 15.9 Å². The lowest BCUT2D eigenvalue weighted by Gasteiger charge is -2.31. The Balaban J connectivity index is 1.91. The zero-order valence-electron chi connectivity index (χ0n) is 17.7. The van der Waals surface area contributed by atoms with Gasteiger partial charge in [-0.2, -0.15) is 13.2 Å². The Labute approximate surface area is 190 Å². The lowest BCUT2D eigenvalue weighted by Crippen LogP contribution is -2.43. The van der Waals surface area contributed by atoms with Crippen molar-refractivity contribution in [3.63, 3.8) is 0 Å². The summed E-state index contributed by atoms with van der Waals surface area (Å²) in [5.74, 6) is 0.481. The molecule has 0 heterocycles. The Morgan fingerprint density at radius 1 is 0.968 bits per heavy atom. The first kappa shape index (κ1) is 25.4. The highest BCUT2D eigenvalue weighted by Crippen LogP contribution is 2.44. The molecule has 31 heavy (non-hydrogen) atoms. The number of rotatable bonds is 12. The van der Waals surface area contributed by atoms with Crippen LogP contribution in [0.5, 0.6) is 5.75 Å². The molecule has 0 bridgehead atoms. The Bertz CT molecular complexity index is 809. The summed E-state index contributed by atoms with van der Waals surface area (Å²) in [6.45, 7) is 6.12. The minimum Gasteiger partial charge on any atom is -0.494 e. The summed E-state index contributed by atoms with van der Waals surface area (Å²) in [7, 11) is 2.06. The first-order valence-electron chi connectivity index (χ1n) is 10.3. The van der Waals surface area contributed by atoms with Gasteiger partial charge >= 0.3 is 6.18 Å². The fraction of sp³-hybridized carbons (Fsp3) is 0.417. The molecule has 0 aliphatic heterocycles. The van der Waals surface area contributed by atoms with E-state index in [-0.39, 0.29) is 11.1 Å². The molecule has 2 aromatic rings. The van der Waals surface area contributed by atoms with Gasteiger partial charge in [-0.15, -0.1) is 6.58 Å². The highest BCUT2D eigenvalue weighted by Gasteiger charge is 2.56. The van der Waals surface area contributed by atoms with Gasteiger partial charge in [-0.05, 0) is 61.8 Å². The van der Waals surface area contributed by atoms with Gasteiger partial charge in [0.05, 0.1) is 6.61 Å². The van der Waals surface area contributed by atoms with Crippen LogP contribution in [0.3, 0.4) is 0 Å². The molecule has 0 saturated heterocycles. The van der Waals surface area contributed by atoms with Crippen LogP contribution in [0, 0.1) is 0 Å². The molecule has 7 heteroatoms. The van der Waals surface area contributed by atoms with Gasteiger partial charge in [0, 0.05) is 11.0 Å². The smallest absolute Gasteiger partial charge is 0.425 e. The molecule has 2 rings (SSSR count). The van der Waals surface area contributed by atoms with Crippen LogP contribution in [0.25, 0.3) is 0 Å². The van der Waals surface area contributed by atoms with Gasteiger partial charge in [-0.1, -0.05) is 59.1 Å². The Kier molecular flexibility index (Phi) is 9.59. The van der Waals surface area contributed by atoms with E-state index in [9.17, 15) is 18.3 Å². The van der Waals surface area contributed by atoms with E-state index in [1.807, 2.05) is 6.08 Å². The molecule has 0 aliphatic carbocycles. The molecule has 0 aromatic heterocycles. The van der Waals surface area contributed by atoms with Crippen LogP contribution in [0.15, 0.2) is 65.7 Å². The van der Waals surface area contributed by atoms with E-state index < -0.39 is 11.8 Å². The summed E-state index contributed by atoms with van der Waals surface area (Å²) < 4.78 is 47.7. The number of benzene rings is 2. The number of likely N-dealkylation sites (N-methyl/N-ethyl adjacent to an activating group) is 1. The van der Waals surface area contributed by atoms with Crippen LogP contribution in [0.1, 0.15) is 36.8 Å². The van der Waals surface area contributed by atoms with E-state index in [1.54, 1.807) is 0 Å². The molecule has 0 aliphatic rings. The predicted molar refractivity (Wildman–Crippen MR) is 121 cm³/mol. The number of nitrogens with zero attached hydrogens (tertiary/aromatic N) is 1. The molecule has 170 valence electrons. The van der Waals surface area contributed by atoms with Gasteiger partial charge in [-0.25, -0.2) is 0 Å². The largest absolute Gasteiger partial charge is 0.494 e. The molecule has 1 N–H and O–H groups in total.